The van der Waals surface area contributed by atoms with E-state index >= 15 is 0 Å². The van der Waals surface area contributed by atoms with Crippen molar-refractivity contribution in [1.82, 2.24) is 14.5 Å². The summed E-state index contributed by atoms with van der Waals surface area (Å²) < 4.78 is 2.08. The molecule has 1 aliphatic rings. The number of fused-ring (bicyclic) bond motifs is 2. The van der Waals surface area contributed by atoms with Crippen LogP contribution in [0.3, 0.4) is 0 Å². The van der Waals surface area contributed by atoms with Crippen LogP contribution >= 0.6 is 11.6 Å². The molecule has 1 atom stereocenters. The number of halogens is 1. The van der Waals surface area contributed by atoms with E-state index in [1.54, 1.807) is 0 Å². The quantitative estimate of drug-likeness (QED) is 0.512. The van der Waals surface area contributed by atoms with Gasteiger partial charge in [0.2, 0.25) is 0 Å². The maximum Gasteiger partial charge on any atom is 0.140 e. The summed E-state index contributed by atoms with van der Waals surface area (Å²) in [6.07, 6.45) is 5.83. The Bertz CT molecular complexity index is 1160. The minimum atomic E-state index is -0.0455. The molecular weight excluding hydrogens is 344 g/mol. The van der Waals surface area contributed by atoms with Crippen molar-refractivity contribution in [3.05, 3.63) is 76.7 Å². The predicted octanol–water partition coefficient (Wildman–Crippen LogP) is 5.11. The van der Waals surface area contributed by atoms with E-state index in [0.29, 0.717) is 0 Å². The second-order valence-corrected chi connectivity index (χ2v) is 7.15. The molecule has 0 aliphatic carbocycles. The number of aromatic nitrogens is 3. The van der Waals surface area contributed by atoms with E-state index in [1.807, 2.05) is 38.5 Å². The van der Waals surface area contributed by atoms with Crippen LogP contribution in [0.15, 0.2) is 55.0 Å². The van der Waals surface area contributed by atoms with Gasteiger partial charge < -0.3 is 9.88 Å². The van der Waals surface area contributed by atoms with Crippen LogP contribution in [0.2, 0.25) is 5.02 Å². The third-order valence-corrected chi connectivity index (χ3v) is 5.51. The van der Waals surface area contributed by atoms with Crippen LogP contribution in [-0.4, -0.2) is 14.5 Å². The Hall–Kier alpha value is -2.85. The molecule has 0 saturated carbocycles. The predicted molar refractivity (Wildman–Crippen MR) is 106 cm³/mol. The number of nitrogens with zero attached hydrogens (tertiary/aromatic N) is 3. The van der Waals surface area contributed by atoms with Crippen LogP contribution in [0.1, 0.15) is 22.7 Å². The van der Waals surface area contributed by atoms with Crippen LogP contribution in [0.5, 0.6) is 0 Å². The summed E-state index contributed by atoms with van der Waals surface area (Å²) in [6.45, 7) is 2.02. The number of benzene rings is 1. The minimum Gasteiger partial charge on any atom is -0.359 e. The van der Waals surface area contributed by atoms with Gasteiger partial charge in [-0.3, -0.25) is 0 Å². The smallest absolute Gasteiger partial charge is 0.140 e. The van der Waals surface area contributed by atoms with Gasteiger partial charge in [-0.05, 0) is 47.9 Å². The number of nitrogens with one attached hydrogen (secondary N) is 1. The molecule has 0 spiro atoms. The van der Waals surface area contributed by atoms with Crippen LogP contribution in [0.25, 0.3) is 22.2 Å². The van der Waals surface area contributed by atoms with Gasteiger partial charge in [-0.1, -0.05) is 23.7 Å². The number of aryl methyl sites for hydroxylation is 2. The van der Waals surface area contributed by atoms with Crippen LogP contribution in [0, 0.1) is 6.92 Å². The van der Waals surface area contributed by atoms with E-state index in [1.165, 1.54) is 5.56 Å². The van der Waals surface area contributed by atoms with Crippen molar-refractivity contribution in [3.63, 3.8) is 0 Å². The molecule has 0 radical (unpaired) electrons. The first-order valence-electron chi connectivity index (χ1n) is 8.55. The number of rotatable bonds is 1. The highest BCUT2D eigenvalue weighted by molar-refractivity contribution is 6.31. The normalized spacial score (nSPS) is 15.4. The van der Waals surface area contributed by atoms with Crippen molar-refractivity contribution in [2.75, 3.05) is 5.32 Å². The standard InChI is InChI=1S/C21H17ClN4/c1-12-5-6-13(10-17(12)22)19-16-11-26(2)21-18(16)14(7-9-24-21)15-4-3-8-23-20(15)25-19/h3-11,19H,1-2H3,(H,23,25). The monoisotopic (exact) mass is 360 g/mol. The molecule has 5 rings (SSSR count). The summed E-state index contributed by atoms with van der Waals surface area (Å²) >= 11 is 6.42. The van der Waals surface area contributed by atoms with Gasteiger partial charge in [0.1, 0.15) is 11.5 Å². The molecular formula is C21H17ClN4. The lowest BCUT2D eigenvalue weighted by Crippen LogP contribution is -2.12. The second-order valence-electron chi connectivity index (χ2n) is 6.74. The van der Waals surface area contributed by atoms with E-state index in [-0.39, 0.29) is 6.04 Å². The third-order valence-electron chi connectivity index (χ3n) is 5.11. The minimum absolute atomic E-state index is 0.0455. The maximum atomic E-state index is 6.42. The lowest BCUT2D eigenvalue weighted by atomic mass is 9.96. The van der Waals surface area contributed by atoms with E-state index in [9.17, 15) is 0 Å². The number of pyridine rings is 2. The van der Waals surface area contributed by atoms with Crippen LogP contribution in [-0.2, 0) is 7.05 Å². The van der Waals surface area contributed by atoms with Gasteiger partial charge in [0.05, 0.1) is 6.04 Å². The molecule has 1 N–H and O–H groups in total. The molecule has 1 aliphatic heterocycles. The van der Waals surface area contributed by atoms with Crippen molar-refractivity contribution >= 4 is 28.5 Å². The SMILES string of the molecule is Cc1ccc(C2Nc3ncccc3-c3ccnc4c3c2cn4C)cc1Cl. The highest BCUT2D eigenvalue weighted by Gasteiger charge is 2.27. The average Bonchev–Trinajstić information content (AvgIpc) is 2.91. The Morgan fingerprint density at radius 2 is 1.96 bits per heavy atom. The summed E-state index contributed by atoms with van der Waals surface area (Å²) in [6, 6.07) is 12.3. The van der Waals surface area contributed by atoms with Crippen molar-refractivity contribution in [2.45, 2.75) is 13.0 Å². The highest BCUT2D eigenvalue weighted by atomic mass is 35.5. The summed E-state index contributed by atoms with van der Waals surface area (Å²) in [5.74, 6) is 0.876. The van der Waals surface area contributed by atoms with Gasteiger partial charge in [0, 0.05) is 47.2 Å². The first-order valence-corrected chi connectivity index (χ1v) is 8.93. The molecule has 26 heavy (non-hydrogen) atoms. The second kappa shape index (κ2) is 5.58. The molecule has 5 heteroatoms. The van der Waals surface area contributed by atoms with E-state index in [4.69, 9.17) is 11.6 Å². The molecule has 1 aromatic carbocycles. The molecule has 4 aromatic rings. The van der Waals surface area contributed by atoms with Crippen molar-refractivity contribution in [1.29, 1.82) is 0 Å². The molecule has 0 saturated heterocycles. The number of hydrogen-bond acceptors (Lipinski definition) is 3. The van der Waals surface area contributed by atoms with Gasteiger partial charge in [-0.25, -0.2) is 9.97 Å². The Balaban J connectivity index is 1.85. The Kier molecular flexibility index (Phi) is 3.31. The lowest BCUT2D eigenvalue weighted by Gasteiger charge is -2.19. The van der Waals surface area contributed by atoms with E-state index in [2.05, 4.69) is 50.3 Å². The fourth-order valence-electron chi connectivity index (χ4n) is 3.78. The van der Waals surface area contributed by atoms with Gasteiger partial charge in [-0.2, -0.15) is 0 Å². The first kappa shape index (κ1) is 15.4. The fraction of sp³-hybridized carbons (Fsp3) is 0.143. The zero-order valence-electron chi connectivity index (χ0n) is 14.5. The molecule has 3 aromatic heterocycles. The number of anilines is 1. The van der Waals surface area contributed by atoms with Crippen LogP contribution in [0.4, 0.5) is 5.82 Å². The van der Waals surface area contributed by atoms with E-state index in [0.717, 1.165) is 44.1 Å². The summed E-state index contributed by atoms with van der Waals surface area (Å²) in [7, 11) is 2.04. The number of hydrogen-bond donors (Lipinski definition) is 1. The molecule has 128 valence electrons. The third kappa shape index (κ3) is 2.15. The molecule has 4 nitrogen and oxygen atoms in total. The molecule has 1 unspecified atom stereocenters. The molecule has 0 fully saturated rings. The van der Waals surface area contributed by atoms with Gasteiger partial charge in [0.15, 0.2) is 0 Å². The fourth-order valence-corrected chi connectivity index (χ4v) is 3.97. The van der Waals surface area contributed by atoms with Gasteiger partial charge in [-0.15, -0.1) is 0 Å². The zero-order valence-corrected chi connectivity index (χ0v) is 15.2. The topological polar surface area (TPSA) is 42.7 Å². The highest BCUT2D eigenvalue weighted by Crippen LogP contribution is 2.43. The molecule has 4 heterocycles. The van der Waals surface area contributed by atoms with Crippen molar-refractivity contribution in [3.8, 4) is 11.1 Å². The molecule has 0 amide bonds. The summed E-state index contributed by atoms with van der Waals surface area (Å²) in [5.41, 5.74) is 6.59. The van der Waals surface area contributed by atoms with Crippen LogP contribution < -0.4 is 5.32 Å². The van der Waals surface area contributed by atoms with Gasteiger partial charge >= 0.3 is 0 Å². The van der Waals surface area contributed by atoms with Crippen molar-refractivity contribution < 1.29 is 0 Å². The lowest BCUT2D eigenvalue weighted by molar-refractivity contribution is 0.898. The zero-order chi connectivity index (χ0) is 17.8. The van der Waals surface area contributed by atoms with E-state index < -0.39 is 0 Å². The summed E-state index contributed by atoms with van der Waals surface area (Å²) in [5, 5.41) is 5.57. The van der Waals surface area contributed by atoms with Crippen molar-refractivity contribution in [2.24, 2.45) is 7.05 Å². The first-order chi connectivity index (χ1) is 12.6. The largest absolute Gasteiger partial charge is 0.359 e. The maximum absolute atomic E-state index is 6.42. The Morgan fingerprint density at radius 1 is 1.08 bits per heavy atom. The Morgan fingerprint density at radius 3 is 2.81 bits per heavy atom. The van der Waals surface area contributed by atoms with Gasteiger partial charge in [0.25, 0.3) is 0 Å². The average molecular weight is 361 g/mol. The molecule has 0 bridgehead atoms. The summed E-state index contributed by atoms with van der Waals surface area (Å²) in [4.78, 5) is 9.20. The Labute approximate surface area is 156 Å².